The van der Waals surface area contributed by atoms with Gasteiger partial charge in [-0.05, 0) is 12.5 Å². The van der Waals surface area contributed by atoms with Gasteiger partial charge in [-0.2, -0.15) is 0 Å². The van der Waals surface area contributed by atoms with E-state index in [0.29, 0.717) is 0 Å². The molecule has 0 unspecified atom stereocenters. The molecule has 82 valence electrons. The first-order chi connectivity index (χ1) is 7.22. The van der Waals surface area contributed by atoms with Gasteiger partial charge in [-0.3, -0.25) is 0 Å². The Morgan fingerprint density at radius 2 is 2.13 bits per heavy atom. The number of carbonyl (C=O) groups is 1. The van der Waals surface area contributed by atoms with Gasteiger partial charge in [-0.25, -0.2) is 4.79 Å². The fraction of sp³-hybridized carbons (Fsp3) is 0.364. The number of rotatable bonds is 4. The number of amides is 1. The van der Waals surface area contributed by atoms with E-state index in [1.54, 1.807) is 6.92 Å². The summed E-state index contributed by atoms with van der Waals surface area (Å²) in [6, 6.07) is 9.14. The zero-order chi connectivity index (χ0) is 11.1. The lowest BCUT2D eigenvalue weighted by molar-refractivity contribution is 0.131. The number of hydrogen-bond donors (Lipinski definition) is 2. The second kappa shape index (κ2) is 6.03. The van der Waals surface area contributed by atoms with Crippen LogP contribution >= 0.6 is 0 Å². The average Bonchev–Trinajstić information content (AvgIpc) is 2.27. The Bertz CT molecular complexity index is 300. The molecule has 1 atom stereocenters. The van der Waals surface area contributed by atoms with Crippen LogP contribution in [-0.2, 0) is 11.3 Å². The summed E-state index contributed by atoms with van der Waals surface area (Å²) in [6.45, 7) is 1.84. The van der Waals surface area contributed by atoms with Gasteiger partial charge >= 0.3 is 6.09 Å². The van der Waals surface area contributed by atoms with Crippen molar-refractivity contribution >= 4 is 6.09 Å². The number of carbonyl (C=O) groups excluding carboxylic acids is 1. The van der Waals surface area contributed by atoms with Crippen molar-refractivity contribution in [1.82, 2.24) is 5.32 Å². The fourth-order valence-corrected chi connectivity index (χ4v) is 1.01. The van der Waals surface area contributed by atoms with E-state index < -0.39 is 6.09 Å². The molecule has 2 N–H and O–H groups in total. The van der Waals surface area contributed by atoms with Crippen molar-refractivity contribution in [2.24, 2.45) is 0 Å². The van der Waals surface area contributed by atoms with Crippen molar-refractivity contribution in [1.29, 1.82) is 0 Å². The number of ether oxygens (including phenoxy) is 1. The largest absolute Gasteiger partial charge is 0.445 e. The van der Waals surface area contributed by atoms with Crippen molar-refractivity contribution in [2.45, 2.75) is 19.6 Å². The molecule has 15 heavy (non-hydrogen) atoms. The second-order valence-electron chi connectivity index (χ2n) is 3.29. The van der Waals surface area contributed by atoms with Gasteiger partial charge in [0.25, 0.3) is 0 Å². The van der Waals surface area contributed by atoms with Crippen molar-refractivity contribution < 1.29 is 14.6 Å². The number of aliphatic hydroxyl groups excluding tert-OH is 1. The third-order valence-corrected chi connectivity index (χ3v) is 1.85. The van der Waals surface area contributed by atoms with E-state index in [4.69, 9.17) is 9.84 Å². The van der Waals surface area contributed by atoms with Crippen molar-refractivity contribution in [3.8, 4) is 0 Å². The molecule has 0 radical (unpaired) electrons. The maximum atomic E-state index is 11.1. The smallest absolute Gasteiger partial charge is 0.407 e. The van der Waals surface area contributed by atoms with Crippen LogP contribution in [0, 0.1) is 0 Å². The quantitative estimate of drug-likeness (QED) is 0.785. The van der Waals surface area contributed by atoms with Gasteiger partial charge < -0.3 is 15.2 Å². The summed E-state index contributed by atoms with van der Waals surface area (Å²) in [5, 5.41) is 11.2. The minimum absolute atomic E-state index is 0.0968. The summed E-state index contributed by atoms with van der Waals surface area (Å²) in [4.78, 5) is 11.1. The highest BCUT2D eigenvalue weighted by molar-refractivity contribution is 5.67. The molecule has 0 saturated carbocycles. The van der Waals surface area contributed by atoms with E-state index in [1.165, 1.54) is 0 Å². The van der Waals surface area contributed by atoms with Gasteiger partial charge in [-0.15, -0.1) is 0 Å². The lowest BCUT2D eigenvalue weighted by Gasteiger charge is -2.10. The van der Waals surface area contributed by atoms with Gasteiger partial charge in [0, 0.05) is 0 Å². The van der Waals surface area contributed by atoms with E-state index in [9.17, 15) is 4.79 Å². The highest BCUT2D eigenvalue weighted by Crippen LogP contribution is 2.00. The molecule has 1 aromatic rings. The molecule has 0 saturated heterocycles. The maximum absolute atomic E-state index is 11.1. The van der Waals surface area contributed by atoms with E-state index in [-0.39, 0.29) is 19.3 Å². The molecule has 0 aliphatic rings. The standard InChI is InChI=1S/C11H15NO3/c1-9(7-13)12-11(14)15-8-10-5-3-2-4-6-10/h2-6,9,13H,7-8H2,1H3,(H,12,14)/t9-/m1/s1. The molecule has 0 bridgehead atoms. The third kappa shape index (κ3) is 4.46. The summed E-state index contributed by atoms with van der Waals surface area (Å²) in [7, 11) is 0. The molecular formula is C11H15NO3. The zero-order valence-corrected chi connectivity index (χ0v) is 8.64. The summed E-state index contributed by atoms with van der Waals surface area (Å²) in [5.41, 5.74) is 0.935. The Morgan fingerprint density at radius 1 is 1.47 bits per heavy atom. The predicted octanol–water partition coefficient (Wildman–Crippen LogP) is 1.29. The monoisotopic (exact) mass is 209 g/mol. The minimum Gasteiger partial charge on any atom is -0.445 e. The molecule has 0 aromatic heterocycles. The molecule has 1 aromatic carbocycles. The summed E-state index contributed by atoms with van der Waals surface area (Å²) < 4.78 is 4.94. The molecule has 4 nitrogen and oxygen atoms in total. The number of aliphatic hydroxyl groups is 1. The van der Waals surface area contributed by atoms with Crippen LogP contribution in [0.15, 0.2) is 30.3 Å². The third-order valence-electron chi connectivity index (χ3n) is 1.85. The lowest BCUT2D eigenvalue weighted by atomic mass is 10.2. The lowest BCUT2D eigenvalue weighted by Crippen LogP contribution is -2.35. The Labute approximate surface area is 88.9 Å². The van der Waals surface area contributed by atoms with E-state index >= 15 is 0 Å². The van der Waals surface area contributed by atoms with E-state index in [0.717, 1.165) is 5.56 Å². The van der Waals surface area contributed by atoms with Crippen molar-refractivity contribution in [2.75, 3.05) is 6.61 Å². The molecule has 0 fully saturated rings. The number of hydrogen-bond acceptors (Lipinski definition) is 3. The summed E-state index contributed by atoms with van der Waals surface area (Å²) >= 11 is 0. The maximum Gasteiger partial charge on any atom is 0.407 e. The molecule has 0 spiro atoms. The van der Waals surface area contributed by atoms with Gasteiger partial charge in [0.05, 0.1) is 12.6 Å². The number of nitrogens with one attached hydrogen (secondary N) is 1. The van der Waals surface area contributed by atoms with Gasteiger partial charge in [0.15, 0.2) is 0 Å². The molecule has 1 rings (SSSR count). The Morgan fingerprint density at radius 3 is 2.73 bits per heavy atom. The molecular weight excluding hydrogens is 194 g/mol. The normalized spacial score (nSPS) is 11.9. The SMILES string of the molecule is C[C@H](CO)NC(=O)OCc1ccccc1. The summed E-state index contributed by atoms with van der Waals surface area (Å²) in [6.07, 6.45) is -0.514. The molecule has 0 aliphatic carbocycles. The first kappa shape index (κ1) is 11.5. The van der Waals surface area contributed by atoms with E-state index in [2.05, 4.69) is 5.32 Å². The van der Waals surface area contributed by atoms with Crippen LogP contribution < -0.4 is 5.32 Å². The molecule has 1 amide bonds. The van der Waals surface area contributed by atoms with Crippen molar-refractivity contribution in [3.63, 3.8) is 0 Å². The van der Waals surface area contributed by atoms with Gasteiger partial charge in [0.2, 0.25) is 0 Å². The highest BCUT2D eigenvalue weighted by Gasteiger charge is 2.06. The average molecular weight is 209 g/mol. The zero-order valence-electron chi connectivity index (χ0n) is 8.64. The second-order valence-corrected chi connectivity index (χ2v) is 3.29. The van der Waals surface area contributed by atoms with Crippen LogP contribution in [0.1, 0.15) is 12.5 Å². The first-order valence-electron chi connectivity index (χ1n) is 4.80. The first-order valence-corrected chi connectivity index (χ1v) is 4.80. The van der Waals surface area contributed by atoms with E-state index in [1.807, 2.05) is 30.3 Å². The fourth-order valence-electron chi connectivity index (χ4n) is 1.01. The Hall–Kier alpha value is -1.55. The summed E-state index contributed by atoms with van der Waals surface area (Å²) in [5.74, 6) is 0. The van der Waals surface area contributed by atoms with Crippen LogP contribution in [0.2, 0.25) is 0 Å². The molecule has 0 aliphatic heterocycles. The van der Waals surface area contributed by atoms with Crippen LogP contribution in [0.5, 0.6) is 0 Å². The predicted molar refractivity (Wildman–Crippen MR) is 56.3 cm³/mol. The highest BCUT2D eigenvalue weighted by atomic mass is 16.5. The number of alkyl carbamates (subject to hydrolysis) is 1. The Balaban J connectivity index is 2.29. The number of benzene rings is 1. The molecule has 4 heteroatoms. The van der Waals surface area contributed by atoms with Crippen LogP contribution in [0.3, 0.4) is 0 Å². The molecule has 0 heterocycles. The van der Waals surface area contributed by atoms with Crippen LogP contribution in [0.25, 0.3) is 0 Å². The Kier molecular flexibility index (Phi) is 4.63. The van der Waals surface area contributed by atoms with Crippen LogP contribution in [-0.4, -0.2) is 23.8 Å². The topological polar surface area (TPSA) is 58.6 Å². The van der Waals surface area contributed by atoms with Gasteiger partial charge in [0.1, 0.15) is 6.61 Å². The van der Waals surface area contributed by atoms with Crippen molar-refractivity contribution in [3.05, 3.63) is 35.9 Å². The van der Waals surface area contributed by atoms with Gasteiger partial charge in [-0.1, -0.05) is 30.3 Å². The van der Waals surface area contributed by atoms with Crippen LogP contribution in [0.4, 0.5) is 4.79 Å². The minimum atomic E-state index is -0.514.